The third kappa shape index (κ3) is 3.01. The Balaban J connectivity index is 0.00000144. The number of nitrogens with zero attached hydrogens (tertiary/aromatic N) is 1. The first-order valence-corrected chi connectivity index (χ1v) is 5.70. The highest BCUT2D eigenvalue weighted by Gasteiger charge is 2.52. The van der Waals surface area contributed by atoms with Gasteiger partial charge < -0.3 is 15.0 Å². The van der Waals surface area contributed by atoms with Gasteiger partial charge >= 0.3 is 6.09 Å². The van der Waals surface area contributed by atoms with Gasteiger partial charge in [0.15, 0.2) is 0 Å². The number of hydrogen-bond acceptors (Lipinski definition) is 3. The Kier molecular flexibility index (Phi) is 3.94. The number of fused-ring (bicyclic) bond motifs is 1. The fraction of sp³-hybridized carbons (Fsp3) is 0.909. The number of alkyl halides is 1. The lowest BCUT2D eigenvalue weighted by molar-refractivity contribution is 0.0256. The molecule has 0 aromatic heterocycles. The van der Waals surface area contributed by atoms with Crippen LogP contribution in [-0.2, 0) is 4.74 Å². The van der Waals surface area contributed by atoms with Gasteiger partial charge in [0.2, 0.25) is 0 Å². The van der Waals surface area contributed by atoms with E-state index in [4.69, 9.17) is 4.74 Å². The normalized spacial score (nSPS) is 32.0. The van der Waals surface area contributed by atoms with Gasteiger partial charge in [0.25, 0.3) is 0 Å². The third-order valence-electron chi connectivity index (χ3n) is 3.06. The van der Waals surface area contributed by atoms with E-state index in [2.05, 4.69) is 5.32 Å². The summed E-state index contributed by atoms with van der Waals surface area (Å²) in [6.07, 6.45) is 0.0671. The van der Waals surface area contributed by atoms with Crippen LogP contribution in [0.15, 0.2) is 0 Å². The number of carbonyl (C=O) groups is 1. The van der Waals surface area contributed by atoms with Gasteiger partial charge in [-0.1, -0.05) is 0 Å². The highest BCUT2D eigenvalue weighted by molar-refractivity contribution is 5.85. The van der Waals surface area contributed by atoms with Gasteiger partial charge in [-0.3, -0.25) is 0 Å². The summed E-state index contributed by atoms with van der Waals surface area (Å²) in [4.78, 5) is 13.2. The number of hydrogen-bond donors (Lipinski definition) is 1. The fourth-order valence-corrected chi connectivity index (χ4v) is 2.30. The minimum Gasteiger partial charge on any atom is -0.444 e. The van der Waals surface area contributed by atoms with Crippen molar-refractivity contribution in [3.63, 3.8) is 0 Å². The molecule has 0 saturated carbocycles. The van der Waals surface area contributed by atoms with Gasteiger partial charge in [-0.05, 0) is 33.7 Å². The van der Waals surface area contributed by atoms with Crippen molar-refractivity contribution < 1.29 is 13.9 Å². The van der Waals surface area contributed by atoms with E-state index in [-0.39, 0.29) is 25.0 Å². The first-order valence-electron chi connectivity index (χ1n) is 5.70. The summed E-state index contributed by atoms with van der Waals surface area (Å²) >= 11 is 0. The Bertz CT molecular complexity index is 308. The quantitative estimate of drug-likeness (QED) is 0.726. The van der Waals surface area contributed by atoms with E-state index < -0.39 is 17.4 Å². The molecular weight excluding hydrogens is 247 g/mol. The van der Waals surface area contributed by atoms with E-state index in [1.807, 2.05) is 20.8 Å². The molecule has 0 radical (unpaired) electrons. The molecule has 1 N–H and O–H groups in total. The number of amides is 1. The summed E-state index contributed by atoms with van der Waals surface area (Å²) in [5.41, 5.74) is -1.78. The molecule has 2 saturated heterocycles. The van der Waals surface area contributed by atoms with Crippen LogP contribution in [0.25, 0.3) is 0 Å². The Morgan fingerprint density at radius 3 is 2.71 bits per heavy atom. The van der Waals surface area contributed by atoms with Crippen LogP contribution in [-0.4, -0.2) is 47.9 Å². The van der Waals surface area contributed by atoms with Gasteiger partial charge in [-0.25, -0.2) is 9.18 Å². The Labute approximate surface area is 107 Å². The molecule has 2 rings (SSSR count). The van der Waals surface area contributed by atoms with Crippen molar-refractivity contribution in [1.29, 1.82) is 0 Å². The largest absolute Gasteiger partial charge is 0.444 e. The smallest absolute Gasteiger partial charge is 0.410 e. The van der Waals surface area contributed by atoms with Gasteiger partial charge in [-0.15, -0.1) is 12.4 Å². The van der Waals surface area contributed by atoms with E-state index >= 15 is 0 Å². The molecule has 2 atom stereocenters. The molecule has 1 amide bonds. The van der Waals surface area contributed by atoms with Gasteiger partial charge in [0.1, 0.15) is 11.3 Å². The van der Waals surface area contributed by atoms with E-state index in [0.29, 0.717) is 19.5 Å². The van der Waals surface area contributed by atoms with Crippen LogP contribution < -0.4 is 5.32 Å². The molecule has 2 aliphatic heterocycles. The van der Waals surface area contributed by atoms with Crippen LogP contribution >= 0.6 is 12.4 Å². The van der Waals surface area contributed by atoms with Crippen LogP contribution in [0.5, 0.6) is 0 Å². The number of likely N-dealkylation sites (tertiary alicyclic amines) is 1. The van der Waals surface area contributed by atoms with Crippen molar-refractivity contribution in [2.45, 2.75) is 44.5 Å². The number of nitrogens with one attached hydrogen (secondary N) is 1. The molecular formula is C11H20ClFN2O2. The standard InChI is InChI=1S/C11H19FN2O2.ClH/c1-10(2,3)16-9(15)14-6-8-11(12,7-14)4-5-13-8;/h8,13H,4-7H2,1-3H3;1H/t8-,11-;/m0./s1. The molecule has 2 fully saturated rings. The first kappa shape index (κ1) is 14.5. The number of ether oxygens (including phenoxy) is 1. The molecule has 0 aromatic rings. The van der Waals surface area contributed by atoms with Crippen molar-refractivity contribution >= 4 is 18.5 Å². The van der Waals surface area contributed by atoms with Crippen LogP contribution in [0.1, 0.15) is 27.2 Å². The maximum Gasteiger partial charge on any atom is 0.410 e. The van der Waals surface area contributed by atoms with Crippen molar-refractivity contribution in [2.24, 2.45) is 0 Å². The van der Waals surface area contributed by atoms with Crippen molar-refractivity contribution in [3.8, 4) is 0 Å². The molecule has 100 valence electrons. The minimum atomic E-state index is -1.25. The van der Waals surface area contributed by atoms with Crippen molar-refractivity contribution in [3.05, 3.63) is 0 Å². The predicted molar refractivity (Wildman–Crippen MR) is 65.3 cm³/mol. The summed E-state index contributed by atoms with van der Waals surface area (Å²) in [6, 6.07) is -0.222. The molecule has 0 bridgehead atoms. The van der Waals surface area contributed by atoms with Gasteiger partial charge in [-0.2, -0.15) is 0 Å². The number of halogens is 2. The zero-order valence-electron chi connectivity index (χ0n) is 10.5. The second-order valence-corrected chi connectivity index (χ2v) is 5.65. The van der Waals surface area contributed by atoms with Crippen molar-refractivity contribution in [2.75, 3.05) is 19.6 Å². The predicted octanol–water partition coefficient (Wildman–Crippen LogP) is 1.73. The zero-order chi connectivity index (χ0) is 12.0. The monoisotopic (exact) mass is 266 g/mol. The molecule has 6 heteroatoms. The molecule has 4 nitrogen and oxygen atoms in total. The average Bonchev–Trinajstić information content (AvgIpc) is 2.55. The molecule has 0 spiro atoms. The molecule has 2 heterocycles. The molecule has 0 aromatic carbocycles. The van der Waals surface area contributed by atoms with E-state index in [1.54, 1.807) is 0 Å². The minimum absolute atomic E-state index is 0. The fourth-order valence-electron chi connectivity index (χ4n) is 2.30. The lowest BCUT2D eigenvalue weighted by Crippen LogP contribution is -2.37. The second-order valence-electron chi connectivity index (χ2n) is 5.65. The number of rotatable bonds is 0. The third-order valence-corrected chi connectivity index (χ3v) is 3.06. The number of carbonyl (C=O) groups excluding carboxylic acids is 1. The van der Waals surface area contributed by atoms with Gasteiger partial charge in [0, 0.05) is 6.54 Å². The van der Waals surface area contributed by atoms with Crippen LogP contribution in [0.4, 0.5) is 9.18 Å². The lowest BCUT2D eigenvalue weighted by Gasteiger charge is -2.25. The molecule has 2 aliphatic rings. The van der Waals surface area contributed by atoms with E-state index in [1.165, 1.54) is 4.90 Å². The second kappa shape index (κ2) is 4.61. The molecule has 0 unspecified atom stereocenters. The summed E-state index contributed by atoms with van der Waals surface area (Å²) in [5.74, 6) is 0. The maximum atomic E-state index is 14.2. The topological polar surface area (TPSA) is 41.6 Å². The molecule has 0 aliphatic carbocycles. The van der Waals surface area contributed by atoms with Crippen LogP contribution in [0.3, 0.4) is 0 Å². The van der Waals surface area contributed by atoms with Crippen LogP contribution in [0.2, 0.25) is 0 Å². The summed E-state index contributed by atoms with van der Waals surface area (Å²) in [6.45, 7) is 6.69. The Morgan fingerprint density at radius 2 is 2.18 bits per heavy atom. The van der Waals surface area contributed by atoms with Gasteiger partial charge in [0.05, 0.1) is 12.6 Å². The average molecular weight is 267 g/mol. The Hall–Kier alpha value is -0.550. The zero-order valence-corrected chi connectivity index (χ0v) is 11.3. The van der Waals surface area contributed by atoms with E-state index in [9.17, 15) is 9.18 Å². The van der Waals surface area contributed by atoms with Crippen LogP contribution in [0, 0.1) is 0 Å². The Morgan fingerprint density at radius 1 is 1.53 bits per heavy atom. The highest BCUT2D eigenvalue weighted by atomic mass is 35.5. The maximum absolute atomic E-state index is 14.2. The lowest BCUT2D eigenvalue weighted by atomic mass is 10.0. The summed E-state index contributed by atoms with van der Waals surface area (Å²) < 4.78 is 19.5. The highest BCUT2D eigenvalue weighted by Crippen LogP contribution is 2.33. The SMILES string of the molecule is CC(C)(C)OC(=O)N1C[C@@H]2NCC[C@]2(F)C1.Cl. The first-order chi connectivity index (χ1) is 7.30. The summed E-state index contributed by atoms with van der Waals surface area (Å²) in [7, 11) is 0. The van der Waals surface area contributed by atoms with E-state index in [0.717, 1.165) is 0 Å². The van der Waals surface area contributed by atoms with Crippen molar-refractivity contribution in [1.82, 2.24) is 10.2 Å². The molecule has 17 heavy (non-hydrogen) atoms. The summed E-state index contributed by atoms with van der Waals surface area (Å²) in [5, 5.41) is 3.08.